The number of H-pyrrole nitrogens is 1. The molecule has 1 fully saturated rings. The van der Waals surface area contributed by atoms with Crippen molar-refractivity contribution in [1.82, 2.24) is 19.8 Å². The minimum atomic E-state index is -3.46. The fourth-order valence-corrected chi connectivity index (χ4v) is 4.60. The largest absolute Gasteiger partial charge is 0.342 e. The molecule has 1 amide bonds. The number of rotatable bonds is 6. The van der Waals surface area contributed by atoms with Gasteiger partial charge in [0.2, 0.25) is 15.9 Å². The monoisotopic (exact) mass is 390 g/mol. The Balaban J connectivity index is 1.56. The average Bonchev–Trinajstić information content (AvgIpc) is 3.08. The van der Waals surface area contributed by atoms with E-state index in [2.05, 4.69) is 14.9 Å². The minimum Gasteiger partial charge on any atom is -0.342 e. The van der Waals surface area contributed by atoms with Crippen LogP contribution in [0.4, 0.5) is 0 Å². The molecule has 3 rings (SSSR count). The summed E-state index contributed by atoms with van der Waals surface area (Å²) < 4.78 is 26.4. The first-order chi connectivity index (χ1) is 12.9. The second-order valence-electron chi connectivity index (χ2n) is 6.93. The maximum atomic E-state index is 12.6. The third kappa shape index (κ3) is 4.56. The fraction of sp³-hybridized carbons (Fsp3) is 0.474. The standard InChI is InChI=1S/C19H26N4O3S/c1-3-21-27(25,26)17-6-4-15(5-7-17)12-19(24)23-10-8-16(9-11-23)18-13-20-22-14(18)2/h4-7,13,16,21H,3,8-12H2,1-2H3,(H,20,22). The summed E-state index contributed by atoms with van der Waals surface area (Å²) in [5.74, 6) is 0.531. The zero-order valence-electron chi connectivity index (χ0n) is 15.7. The molecule has 1 aromatic heterocycles. The molecule has 146 valence electrons. The lowest BCUT2D eigenvalue weighted by Crippen LogP contribution is -2.38. The molecule has 7 nitrogen and oxygen atoms in total. The average molecular weight is 391 g/mol. The number of benzene rings is 1. The maximum absolute atomic E-state index is 12.6. The van der Waals surface area contributed by atoms with Crippen molar-refractivity contribution in [1.29, 1.82) is 0 Å². The summed E-state index contributed by atoms with van der Waals surface area (Å²) in [6.45, 7) is 5.58. The molecule has 0 bridgehead atoms. The van der Waals surface area contributed by atoms with E-state index in [9.17, 15) is 13.2 Å². The summed E-state index contributed by atoms with van der Waals surface area (Å²) in [5.41, 5.74) is 3.18. The van der Waals surface area contributed by atoms with Crippen molar-refractivity contribution in [3.63, 3.8) is 0 Å². The van der Waals surface area contributed by atoms with Crippen LogP contribution in [0, 0.1) is 6.92 Å². The molecular weight excluding hydrogens is 364 g/mol. The van der Waals surface area contributed by atoms with Crippen LogP contribution in [0.25, 0.3) is 0 Å². The number of nitrogens with zero attached hydrogens (tertiary/aromatic N) is 2. The van der Waals surface area contributed by atoms with Crippen LogP contribution in [0.5, 0.6) is 0 Å². The van der Waals surface area contributed by atoms with Crippen LogP contribution in [-0.4, -0.2) is 49.1 Å². The molecule has 0 atom stereocenters. The van der Waals surface area contributed by atoms with E-state index in [-0.39, 0.29) is 17.2 Å². The number of piperidine rings is 1. The third-order valence-electron chi connectivity index (χ3n) is 5.08. The molecule has 2 N–H and O–H groups in total. The molecule has 8 heteroatoms. The van der Waals surface area contributed by atoms with Gasteiger partial charge in [0.05, 0.1) is 17.5 Å². The number of sulfonamides is 1. The smallest absolute Gasteiger partial charge is 0.240 e. The van der Waals surface area contributed by atoms with Crippen molar-refractivity contribution < 1.29 is 13.2 Å². The first-order valence-electron chi connectivity index (χ1n) is 9.27. The summed E-state index contributed by atoms with van der Waals surface area (Å²) in [7, 11) is -3.46. The van der Waals surface area contributed by atoms with E-state index in [1.165, 1.54) is 5.56 Å². The van der Waals surface area contributed by atoms with E-state index in [0.29, 0.717) is 12.5 Å². The van der Waals surface area contributed by atoms with Crippen molar-refractivity contribution in [2.45, 2.75) is 43.9 Å². The number of hydrogen-bond acceptors (Lipinski definition) is 4. The van der Waals surface area contributed by atoms with E-state index in [1.54, 1.807) is 31.2 Å². The highest BCUT2D eigenvalue weighted by Gasteiger charge is 2.25. The van der Waals surface area contributed by atoms with Crippen LogP contribution in [0.2, 0.25) is 0 Å². The zero-order chi connectivity index (χ0) is 19.4. The van der Waals surface area contributed by atoms with Crippen molar-refractivity contribution in [3.8, 4) is 0 Å². The topological polar surface area (TPSA) is 95.2 Å². The van der Waals surface area contributed by atoms with Gasteiger partial charge in [-0.3, -0.25) is 9.89 Å². The van der Waals surface area contributed by atoms with Gasteiger partial charge in [-0.2, -0.15) is 5.10 Å². The highest BCUT2D eigenvalue weighted by molar-refractivity contribution is 7.89. The number of aromatic nitrogens is 2. The Kier molecular flexibility index (Phi) is 5.96. The number of nitrogens with one attached hydrogen (secondary N) is 2. The zero-order valence-corrected chi connectivity index (χ0v) is 16.6. The second kappa shape index (κ2) is 8.22. The summed E-state index contributed by atoms with van der Waals surface area (Å²) >= 11 is 0. The molecule has 0 saturated carbocycles. The van der Waals surface area contributed by atoms with E-state index < -0.39 is 10.0 Å². The summed E-state index contributed by atoms with van der Waals surface area (Å²) in [5, 5.41) is 7.07. The van der Waals surface area contributed by atoms with Gasteiger partial charge in [-0.05, 0) is 48.9 Å². The lowest BCUT2D eigenvalue weighted by atomic mass is 9.89. The summed E-state index contributed by atoms with van der Waals surface area (Å²) in [4.78, 5) is 14.7. The molecule has 1 saturated heterocycles. The molecule has 2 heterocycles. The van der Waals surface area contributed by atoms with E-state index in [0.717, 1.165) is 37.2 Å². The summed E-state index contributed by atoms with van der Waals surface area (Å²) in [6.07, 6.45) is 4.05. The van der Waals surface area contributed by atoms with Crippen LogP contribution < -0.4 is 4.72 Å². The normalized spacial score (nSPS) is 15.9. The third-order valence-corrected chi connectivity index (χ3v) is 6.64. The highest BCUT2D eigenvalue weighted by Crippen LogP contribution is 2.29. The molecule has 1 aliphatic heterocycles. The van der Waals surface area contributed by atoms with Gasteiger partial charge in [0.1, 0.15) is 0 Å². The van der Waals surface area contributed by atoms with Gasteiger partial charge in [-0.1, -0.05) is 19.1 Å². The van der Waals surface area contributed by atoms with Crippen LogP contribution >= 0.6 is 0 Å². The molecule has 1 aromatic carbocycles. The second-order valence-corrected chi connectivity index (χ2v) is 8.69. The predicted molar refractivity (Wildman–Crippen MR) is 103 cm³/mol. The Labute approximate surface area is 160 Å². The molecular formula is C19H26N4O3S. The first-order valence-corrected chi connectivity index (χ1v) is 10.7. The van der Waals surface area contributed by atoms with Crippen LogP contribution in [0.3, 0.4) is 0 Å². The van der Waals surface area contributed by atoms with Crippen LogP contribution in [-0.2, 0) is 21.2 Å². The number of aromatic amines is 1. The Hall–Kier alpha value is -2.19. The number of hydrogen-bond donors (Lipinski definition) is 2. The predicted octanol–water partition coefficient (Wildman–Crippen LogP) is 1.97. The number of aryl methyl sites for hydroxylation is 1. The number of likely N-dealkylation sites (tertiary alicyclic amines) is 1. The molecule has 0 radical (unpaired) electrons. The first kappa shape index (κ1) is 19.6. The van der Waals surface area contributed by atoms with Crippen LogP contribution in [0.15, 0.2) is 35.4 Å². The van der Waals surface area contributed by atoms with E-state index >= 15 is 0 Å². The lowest BCUT2D eigenvalue weighted by Gasteiger charge is -2.32. The molecule has 27 heavy (non-hydrogen) atoms. The SMILES string of the molecule is CCNS(=O)(=O)c1ccc(CC(=O)N2CCC(c3cn[nH]c3C)CC2)cc1. The fourth-order valence-electron chi connectivity index (χ4n) is 3.56. The molecule has 0 spiro atoms. The van der Waals surface area contributed by atoms with Gasteiger partial charge < -0.3 is 4.90 Å². The number of carbonyl (C=O) groups excluding carboxylic acids is 1. The van der Waals surface area contributed by atoms with Gasteiger partial charge >= 0.3 is 0 Å². The maximum Gasteiger partial charge on any atom is 0.240 e. The Morgan fingerprint density at radius 2 is 1.93 bits per heavy atom. The highest BCUT2D eigenvalue weighted by atomic mass is 32.2. The van der Waals surface area contributed by atoms with Crippen molar-refractivity contribution in [2.75, 3.05) is 19.6 Å². The quantitative estimate of drug-likeness (QED) is 0.788. The Morgan fingerprint density at radius 1 is 1.26 bits per heavy atom. The number of carbonyl (C=O) groups is 1. The van der Waals surface area contributed by atoms with E-state index in [4.69, 9.17) is 0 Å². The van der Waals surface area contributed by atoms with Crippen LogP contribution in [0.1, 0.15) is 42.5 Å². The molecule has 2 aromatic rings. The molecule has 0 aliphatic carbocycles. The van der Waals surface area contributed by atoms with Gasteiger partial charge in [0.25, 0.3) is 0 Å². The molecule has 0 unspecified atom stereocenters. The van der Waals surface area contributed by atoms with Gasteiger partial charge in [0.15, 0.2) is 0 Å². The van der Waals surface area contributed by atoms with Gasteiger partial charge in [0, 0.05) is 25.3 Å². The number of amides is 1. The van der Waals surface area contributed by atoms with Crippen molar-refractivity contribution in [3.05, 3.63) is 47.3 Å². The van der Waals surface area contributed by atoms with Gasteiger partial charge in [-0.15, -0.1) is 0 Å². The summed E-state index contributed by atoms with van der Waals surface area (Å²) in [6, 6.07) is 6.52. The minimum absolute atomic E-state index is 0.0830. The Bertz CT molecular complexity index is 882. The van der Waals surface area contributed by atoms with Gasteiger partial charge in [-0.25, -0.2) is 13.1 Å². The Morgan fingerprint density at radius 3 is 2.48 bits per heavy atom. The van der Waals surface area contributed by atoms with Crippen molar-refractivity contribution >= 4 is 15.9 Å². The lowest BCUT2D eigenvalue weighted by molar-refractivity contribution is -0.131. The van der Waals surface area contributed by atoms with E-state index in [1.807, 2.05) is 18.0 Å². The molecule has 1 aliphatic rings. The van der Waals surface area contributed by atoms with Crippen molar-refractivity contribution in [2.24, 2.45) is 0 Å².